The first-order valence-corrected chi connectivity index (χ1v) is 8.73. The van der Waals surface area contributed by atoms with Crippen molar-refractivity contribution in [3.05, 3.63) is 0 Å². The third kappa shape index (κ3) is 4.19. The lowest BCUT2D eigenvalue weighted by molar-refractivity contribution is -0.0646. The Balaban J connectivity index is 1.96. The second kappa shape index (κ2) is 7.77. The lowest BCUT2D eigenvalue weighted by Crippen LogP contribution is -2.53. The summed E-state index contributed by atoms with van der Waals surface area (Å²) in [6.07, 6.45) is 5.75. The fourth-order valence-electron chi connectivity index (χ4n) is 4.05. The van der Waals surface area contributed by atoms with Gasteiger partial charge in [-0.1, -0.05) is 20.8 Å². The molecule has 0 aromatic carbocycles. The van der Waals surface area contributed by atoms with Crippen molar-refractivity contribution in [2.24, 2.45) is 11.8 Å². The van der Waals surface area contributed by atoms with Gasteiger partial charge < -0.3 is 10.1 Å². The van der Waals surface area contributed by atoms with E-state index in [2.05, 4.69) is 37.9 Å². The fraction of sp³-hybridized carbons (Fsp3) is 1.00. The van der Waals surface area contributed by atoms with E-state index < -0.39 is 0 Å². The van der Waals surface area contributed by atoms with E-state index in [4.69, 9.17) is 4.74 Å². The van der Waals surface area contributed by atoms with Crippen LogP contribution < -0.4 is 5.32 Å². The highest BCUT2D eigenvalue weighted by Crippen LogP contribution is 2.31. The third-order valence-corrected chi connectivity index (χ3v) is 5.23. The van der Waals surface area contributed by atoms with E-state index in [1.54, 1.807) is 0 Å². The van der Waals surface area contributed by atoms with E-state index in [0.29, 0.717) is 12.1 Å². The van der Waals surface area contributed by atoms with Gasteiger partial charge in [-0.15, -0.1) is 0 Å². The zero-order valence-corrected chi connectivity index (χ0v) is 13.9. The van der Waals surface area contributed by atoms with E-state index in [1.165, 1.54) is 32.2 Å². The van der Waals surface area contributed by atoms with Crippen molar-refractivity contribution in [1.29, 1.82) is 0 Å². The van der Waals surface area contributed by atoms with Crippen molar-refractivity contribution >= 4 is 0 Å². The quantitative estimate of drug-likeness (QED) is 0.839. The first-order chi connectivity index (χ1) is 9.63. The highest BCUT2D eigenvalue weighted by molar-refractivity contribution is 4.88. The fourth-order valence-corrected chi connectivity index (χ4v) is 4.05. The molecule has 0 radical (unpaired) electrons. The average molecular weight is 282 g/mol. The highest BCUT2D eigenvalue weighted by atomic mass is 16.5. The smallest absolute Gasteiger partial charge is 0.0674 e. The lowest BCUT2D eigenvalue weighted by Gasteiger charge is -2.43. The summed E-state index contributed by atoms with van der Waals surface area (Å²) in [5.74, 6) is 1.71. The molecule has 3 heteroatoms. The predicted octanol–water partition coefficient (Wildman–Crippen LogP) is 2.90. The molecule has 5 unspecified atom stereocenters. The molecule has 0 bridgehead atoms. The highest BCUT2D eigenvalue weighted by Gasteiger charge is 2.33. The molecule has 3 nitrogen and oxygen atoms in total. The molecule has 2 fully saturated rings. The number of morpholine rings is 1. The molecule has 0 amide bonds. The van der Waals surface area contributed by atoms with Crippen LogP contribution in [0.5, 0.6) is 0 Å². The first kappa shape index (κ1) is 16.3. The summed E-state index contributed by atoms with van der Waals surface area (Å²) in [6.45, 7) is 13.6. The van der Waals surface area contributed by atoms with Crippen LogP contribution in [0.25, 0.3) is 0 Å². The van der Waals surface area contributed by atoms with Crippen molar-refractivity contribution in [2.45, 2.75) is 71.6 Å². The van der Waals surface area contributed by atoms with E-state index in [0.717, 1.165) is 37.6 Å². The topological polar surface area (TPSA) is 24.5 Å². The molecule has 1 aliphatic heterocycles. The maximum Gasteiger partial charge on any atom is 0.0674 e. The van der Waals surface area contributed by atoms with Crippen molar-refractivity contribution in [2.75, 3.05) is 26.2 Å². The van der Waals surface area contributed by atoms with Crippen molar-refractivity contribution < 1.29 is 4.74 Å². The van der Waals surface area contributed by atoms with Crippen LogP contribution in [-0.2, 0) is 4.74 Å². The Kier molecular flexibility index (Phi) is 6.31. The summed E-state index contributed by atoms with van der Waals surface area (Å²) in [6, 6.07) is 1.36. The van der Waals surface area contributed by atoms with Crippen molar-refractivity contribution in [3.8, 4) is 0 Å². The Labute approximate surface area is 125 Å². The van der Waals surface area contributed by atoms with Gasteiger partial charge in [-0.25, -0.2) is 0 Å². The van der Waals surface area contributed by atoms with Crippen LogP contribution in [0.4, 0.5) is 0 Å². The molecule has 1 aliphatic carbocycles. The lowest BCUT2D eigenvalue weighted by atomic mass is 9.78. The Morgan fingerprint density at radius 2 is 2.00 bits per heavy atom. The number of hydrogen-bond donors (Lipinski definition) is 1. The molecule has 2 aliphatic rings. The minimum atomic E-state index is 0.399. The van der Waals surface area contributed by atoms with E-state index in [1.807, 2.05) is 0 Å². The minimum Gasteiger partial charge on any atom is -0.376 e. The van der Waals surface area contributed by atoms with Gasteiger partial charge in [-0.05, 0) is 51.0 Å². The Morgan fingerprint density at radius 3 is 2.70 bits per heavy atom. The maximum atomic E-state index is 5.84. The summed E-state index contributed by atoms with van der Waals surface area (Å²) in [5, 5.41) is 3.73. The van der Waals surface area contributed by atoms with Crippen LogP contribution in [-0.4, -0.2) is 49.3 Å². The Morgan fingerprint density at radius 1 is 1.20 bits per heavy atom. The molecule has 0 aromatic rings. The van der Waals surface area contributed by atoms with E-state index in [-0.39, 0.29) is 0 Å². The summed E-state index contributed by atoms with van der Waals surface area (Å²) >= 11 is 0. The number of ether oxygens (including phenoxy) is 1. The summed E-state index contributed by atoms with van der Waals surface area (Å²) in [7, 11) is 0. The molecule has 1 N–H and O–H groups in total. The molecule has 1 heterocycles. The molecular formula is C17H34N2O. The Bertz CT molecular complexity index is 284. The number of hydrogen-bond acceptors (Lipinski definition) is 3. The third-order valence-electron chi connectivity index (χ3n) is 5.23. The molecule has 5 atom stereocenters. The van der Waals surface area contributed by atoms with Gasteiger partial charge in [-0.2, -0.15) is 0 Å². The number of nitrogens with zero attached hydrogens (tertiary/aromatic N) is 1. The first-order valence-electron chi connectivity index (χ1n) is 8.73. The zero-order chi connectivity index (χ0) is 14.5. The van der Waals surface area contributed by atoms with Crippen LogP contribution in [0, 0.1) is 11.8 Å². The monoisotopic (exact) mass is 282 g/mol. The van der Waals surface area contributed by atoms with Gasteiger partial charge in [0.05, 0.1) is 12.7 Å². The number of nitrogens with one attached hydrogen (secondary N) is 1. The second-order valence-corrected chi connectivity index (χ2v) is 7.00. The molecule has 118 valence electrons. The van der Waals surface area contributed by atoms with Crippen LogP contribution in [0.3, 0.4) is 0 Å². The summed E-state index contributed by atoms with van der Waals surface area (Å²) in [5.41, 5.74) is 0. The van der Waals surface area contributed by atoms with Crippen molar-refractivity contribution in [1.82, 2.24) is 10.2 Å². The maximum absolute atomic E-state index is 5.84. The molecule has 1 saturated carbocycles. The van der Waals surface area contributed by atoms with Gasteiger partial charge in [0, 0.05) is 25.2 Å². The zero-order valence-electron chi connectivity index (χ0n) is 13.9. The van der Waals surface area contributed by atoms with Crippen LogP contribution >= 0.6 is 0 Å². The normalized spacial score (nSPS) is 39.9. The van der Waals surface area contributed by atoms with Crippen LogP contribution in [0.15, 0.2) is 0 Å². The van der Waals surface area contributed by atoms with Crippen molar-refractivity contribution in [3.63, 3.8) is 0 Å². The van der Waals surface area contributed by atoms with Crippen LogP contribution in [0.2, 0.25) is 0 Å². The van der Waals surface area contributed by atoms with Gasteiger partial charge in [0.1, 0.15) is 0 Å². The molecule has 0 aromatic heterocycles. The van der Waals surface area contributed by atoms with Gasteiger partial charge in [0.25, 0.3) is 0 Å². The van der Waals surface area contributed by atoms with E-state index in [9.17, 15) is 0 Å². The van der Waals surface area contributed by atoms with Gasteiger partial charge in [0.2, 0.25) is 0 Å². The molecule has 20 heavy (non-hydrogen) atoms. The van der Waals surface area contributed by atoms with Gasteiger partial charge in [0.15, 0.2) is 0 Å². The predicted molar refractivity (Wildman–Crippen MR) is 85.0 cm³/mol. The average Bonchev–Trinajstić information content (AvgIpc) is 2.42. The summed E-state index contributed by atoms with van der Waals surface area (Å²) < 4.78 is 5.84. The molecular weight excluding hydrogens is 248 g/mol. The summed E-state index contributed by atoms with van der Waals surface area (Å²) in [4.78, 5) is 2.71. The SMILES string of the molecule is CCNC1CCC(C)CC1CN1CC(C)OCC1CC. The Hall–Kier alpha value is -0.120. The van der Waals surface area contributed by atoms with Gasteiger partial charge in [-0.3, -0.25) is 4.90 Å². The van der Waals surface area contributed by atoms with Crippen LogP contribution in [0.1, 0.15) is 53.4 Å². The second-order valence-electron chi connectivity index (χ2n) is 7.00. The van der Waals surface area contributed by atoms with E-state index >= 15 is 0 Å². The molecule has 0 spiro atoms. The largest absolute Gasteiger partial charge is 0.376 e. The van der Waals surface area contributed by atoms with Gasteiger partial charge >= 0.3 is 0 Å². The number of rotatable bonds is 5. The molecule has 1 saturated heterocycles. The minimum absolute atomic E-state index is 0.399. The standard InChI is InChI=1S/C17H34N2O/c1-5-16-12-20-14(4)10-19(16)11-15-9-13(3)7-8-17(15)18-6-2/h13-18H,5-12H2,1-4H3. The molecule has 2 rings (SSSR count).